The number of aryl methyl sites for hydroxylation is 3. The van der Waals surface area contributed by atoms with Crippen LogP contribution in [0.25, 0.3) is 16.7 Å². The quantitative estimate of drug-likeness (QED) is 0.685. The standard InChI is InChI=1S/C20H23N5OS/c1-12-8-7-9-13(2)16(12)25-14(3)21-17-15(19(25)27)18(26)23-20(22-17)24-10-5-4-6-11-24/h7-9H,4-6,10-11H2,1-3H3,(H,22,23,26). The minimum atomic E-state index is -0.224. The van der Waals surface area contributed by atoms with Crippen molar-refractivity contribution in [2.24, 2.45) is 0 Å². The number of H-pyrrole nitrogens is 1. The first kappa shape index (κ1) is 17.9. The van der Waals surface area contributed by atoms with Crippen molar-refractivity contribution >= 4 is 29.2 Å². The maximum absolute atomic E-state index is 12.9. The van der Waals surface area contributed by atoms with Crippen LogP contribution < -0.4 is 10.5 Å². The van der Waals surface area contributed by atoms with Crippen LogP contribution >= 0.6 is 12.2 Å². The lowest BCUT2D eigenvalue weighted by Gasteiger charge is -2.27. The number of anilines is 1. The maximum atomic E-state index is 12.9. The highest BCUT2D eigenvalue weighted by molar-refractivity contribution is 7.71. The second kappa shape index (κ2) is 6.88. The van der Waals surface area contributed by atoms with Crippen LogP contribution in [0.3, 0.4) is 0 Å². The number of para-hydroxylation sites is 1. The molecule has 0 radical (unpaired) electrons. The van der Waals surface area contributed by atoms with E-state index in [0.29, 0.717) is 21.6 Å². The number of hydrogen-bond acceptors (Lipinski definition) is 5. The van der Waals surface area contributed by atoms with Gasteiger partial charge in [-0.25, -0.2) is 4.98 Å². The number of aromatic nitrogens is 4. The van der Waals surface area contributed by atoms with Crippen molar-refractivity contribution in [1.29, 1.82) is 0 Å². The van der Waals surface area contributed by atoms with Crippen molar-refractivity contribution in [2.75, 3.05) is 18.0 Å². The number of benzene rings is 1. The highest BCUT2D eigenvalue weighted by Gasteiger charge is 2.18. The molecule has 6 nitrogen and oxygen atoms in total. The molecule has 1 N–H and O–H groups in total. The molecule has 4 rings (SSSR count). The Morgan fingerprint density at radius 2 is 1.70 bits per heavy atom. The van der Waals surface area contributed by atoms with Crippen molar-refractivity contribution in [1.82, 2.24) is 19.5 Å². The summed E-state index contributed by atoms with van der Waals surface area (Å²) >= 11 is 5.72. The largest absolute Gasteiger partial charge is 0.342 e. The molecule has 1 aromatic carbocycles. The number of nitrogens with one attached hydrogen (secondary N) is 1. The molecule has 0 unspecified atom stereocenters. The molecule has 0 atom stereocenters. The van der Waals surface area contributed by atoms with Crippen LogP contribution in [0.5, 0.6) is 0 Å². The number of rotatable bonds is 2. The molecular formula is C20H23N5OS. The molecule has 3 aromatic rings. The predicted octanol–water partition coefficient (Wildman–Crippen LogP) is 3.75. The number of aromatic amines is 1. The zero-order valence-corrected chi connectivity index (χ0v) is 16.7. The van der Waals surface area contributed by atoms with E-state index in [0.717, 1.165) is 48.6 Å². The summed E-state index contributed by atoms with van der Waals surface area (Å²) in [5, 5.41) is 0.374. The Morgan fingerprint density at radius 3 is 2.37 bits per heavy atom. The fourth-order valence-electron chi connectivity index (χ4n) is 3.86. The Labute approximate surface area is 162 Å². The van der Waals surface area contributed by atoms with Gasteiger partial charge in [-0.1, -0.05) is 30.4 Å². The molecule has 0 saturated carbocycles. The molecular weight excluding hydrogens is 358 g/mol. The molecule has 7 heteroatoms. The molecule has 0 bridgehead atoms. The van der Waals surface area contributed by atoms with Crippen LogP contribution in [0.4, 0.5) is 5.95 Å². The van der Waals surface area contributed by atoms with Gasteiger partial charge >= 0.3 is 0 Å². The van der Waals surface area contributed by atoms with Gasteiger partial charge in [0.25, 0.3) is 5.56 Å². The zero-order valence-electron chi connectivity index (χ0n) is 15.9. The molecule has 140 valence electrons. The SMILES string of the molecule is Cc1cccc(C)c1-n1c(C)nc2nc(N3CCCCC3)[nH]c(=O)c2c1=S. The topological polar surface area (TPSA) is 66.8 Å². The van der Waals surface area contributed by atoms with Crippen molar-refractivity contribution in [2.45, 2.75) is 40.0 Å². The number of nitrogens with zero attached hydrogens (tertiary/aromatic N) is 4. The van der Waals surface area contributed by atoms with E-state index < -0.39 is 0 Å². The van der Waals surface area contributed by atoms with E-state index >= 15 is 0 Å². The average Bonchev–Trinajstić information content (AvgIpc) is 2.64. The monoisotopic (exact) mass is 381 g/mol. The summed E-state index contributed by atoms with van der Waals surface area (Å²) in [5.74, 6) is 1.32. The molecule has 0 aliphatic carbocycles. The Kier molecular flexibility index (Phi) is 4.55. The summed E-state index contributed by atoms with van der Waals surface area (Å²) in [6.45, 7) is 7.79. The second-order valence-corrected chi connectivity index (χ2v) is 7.56. The normalized spacial score (nSPS) is 14.7. The van der Waals surface area contributed by atoms with Gasteiger partial charge in [0.1, 0.15) is 15.9 Å². The first-order valence-electron chi connectivity index (χ1n) is 9.32. The van der Waals surface area contributed by atoms with E-state index in [-0.39, 0.29) is 5.56 Å². The Bertz CT molecular complexity index is 1120. The van der Waals surface area contributed by atoms with E-state index in [4.69, 9.17) is 12.2 Å². The van der Waals surface area contributed by atoms with Crippen LogP contribution in [0.2, 0.25) is 0 Å². The van der Waals surface area contributed by atoms with Gasteiger partial charge in [-0.15, -0.1) is 0 Å². The third kappa shape index (κ3) is 3.06. The fourth-order valence-corrected chi connectivity index (χ4v) is 4.27. The highest BCUT2D eigenvalue weighted by Crippen LogP contribution is 2.23. The minimum absolute atomic E-state index is 0.224. The van der Waals surface area contributed by atoms with Crippen LogP contribution in [-0.4, -0.2) is 32.6 Å². The van der Waals surface area contributed by atoms with E-state index in [1.807, 2.05) is 43.5 Å². The molecule has 2 aromatic heterocycles. The Hall–Kier alpha value is -2.54. The third-order valence-corrected chi connectivity index (χ3v) is 5.60. The average molecular weight is 382 g/mol. The van der Waals surface area contributed by atoms with Crippen molar-refractivity contribution in [3.8, 4) is 5.69 Å². The molecule has 0 amide bonds. The van der Waals surface area contributed by atoms with Gasteiger partial charge in [-0.2, -0.15) is 4.98 Å². The number of fused-ring (bicyclic) bond motifs is 1. The lowest BCUT2D eigenvalue weighted by atomic mass is 10.1. The fraction of sp³-hybridized carbons (Fsp3) is 0.400. The maximum Gasteiger partial charge on any atom is 0.264 e. The molecule has 1 saturated heterocycles. The smallest absolute Gasteiger partial charge is 0.264 e. The van der Waals surface area contributed by atoms with Crippen LogP contribution in [0.15, 0.2) is 23.0 Å². The van der Waals surface area contributed by atoms with Gasteiger partial charge in [0.15, 0.2) is 5.65 Å². The number of piperidine rings is 1. The van der Waals surface area contributed by atoms with E-state index in [9.17, 15) is 4.79 Å². The number of hydrogen-bond donors (Lipinski definition) is 1. The molecule has 27 heavy (non-hydrogen) atoms. The van der Waals surface area contributed by atoms with Crippen LogP contribution in [0, 0.1) is 25.4 Å². The van der Waals surface area contributed by atoms with E-state index in [1.54, 1.807) is 0 Å². The van der Waals surface area contributed by atoms with Crippen molar-refractivity contribution in [3.63, 3.8) is 0 Å². The highest BCUT2D eigenvalue weighted by atomic mass is 32.1. The Morgan fingerprint density at radius 1 is 1.04 bits per heavy atom. The Balaban J connectivity index is 1.96. The lowest BCUT2D eigenvalue weighted by molar-refractivity contribution is 0.568. The molecule has 1 aliphatic heterocycles. The summed E-state index contributed by atoms with van der Waals surface area (Å²) in [4.78, 5) is 27.2. The second-order valence-electron chi connectivity index (χ2n) is 7.18. The van der Waals surface area contributed by atoms with Gasteiger partial charge in [-0.3, -0.25) is 14.3 Å². The van der Waals surface area contributed by atoms with Gasteiger partial charge in [0.05, 0.1) is 5.69 Å². The molecule has 1 aliphatic rings. The van der Waals surface area contributed by atoms with Crippen molar-refractivity contribution in [3.05, 3.63) is 50.1 Å². The van der Waals surface area contributed by atoms with Crippen LogP contribution in [-0.2, 0) is 0 Å². The van der Waals surface area contributed by atoms with E-state index in [2.05, 4.69) is 19.9 Å². The van der Waals surface area contributed by atoms with Gasteiger partial charge < -0.3 is 4.90 Å². The first-order chi connectivity index (χ1) is 13.0. The minimum Gasteiger partial charge on any atom is -0.342 e. The molecule has 1 fully saturated rings. The molecule has 0 spiro atoms. The van der Waals surface area contributed by atoms with Gasteiger partial charge in [-0.05, 0) is 51.2 Å². The van der Waals surface area contributed by atoms with Crippen LogP contribution in [0.1, 0.15) is 36.2 Å². The lowest BCUT2D eigenvalue weighted by Crippen LogP contribution is -2.32. The van der Waals surface area contributed by atoms with E-state index in [1.165, 1.54) is 6.42 Å². The summed E-state index contributed by atoms with van der Waals surface area (Å²) in [6.07, 6.45) is 3.45. The summed E-state index contributed by atoms with van der Waals surface area (Å²) in [5.41, 5.74) is 3.35. The predicted molar refractivity (Wildman–Crippen MR) is 111 cm³/mol. The zero-order chi connectivity index (χ0) is 19.1. The van der Waals surface area contributed by atoms with Gasteiger partial charge in [0, 0.05) is 13.1 Å². The first-order valence-corrected chi connectivity index (χ1v) is 9.73. The van der Waals surface area contributed by atoms with Gasteiger partial charge in [0.2, 0.25) is 5.95 Å². The summed E-state index contributed by atoms with van der Waals surface area (Å²) in [7, 11) is 0. The third-order valence-electron chi connectivity index (χ3n) is 5.21. The van der Waals surface area contributed by atoms with Crippen molar-refractivity contribution < 1.29 is 0 Å². The summed E-state index contributed by atoms with van der Waals surface area (Å²) < 4.78 is 2.34. The molecule has 3 heterocycles. The summed E-state index contributed by atoms with van der Waals surface area (Å²) in [6, 6.07) is 6.09.